The molecule has 0 radical (unpaired) electrons. The van der Waals surface area contributed by atoms with E-state index in [9.17, 15) is 0 Å². The number of rotatable bonds is 9. The molecule has 0 bridgehead atoms. The molecule has 4 heteroatoms. The first-order chi connectivity index (χ1) is 7.83. The molecule has 0 saturated carbocycles. The van der Waals surface area contributed by atoms with Crippen molar-refractivity contribution in [2.45, 2.75) is 32.7 Å². The van der Waals surface area contributed by atoms with Crippen LogP contribution in [0.5, 0.6) is 0 Å². The molecule has 0 aromatic carbocycles. The standard InChI is InChI=1S/C12H23N3S/c1-3-6-13-7-4-5-8-15(2)9-12-10-16-11-14-12/h10-11,13H,3-9H2,1-2H3. The van der Waals surface area contributed by atoms with Gasteiger partial charge < -0.3 is 10.2 Å². The van der Waals surface area contributed by atoms with E-state index in [2.05, 4.69) is 34.6 Å². The van der Waals surface area contributed by atoms with Crippen LogP contribution in [0.1, 0.15) is 31.9 Å². The maximum Gasteiger partial charge on any atom is 0.0795 e. The van der Waals surface area contributed by atoms with Crippen LogP contribution in [0.15, 0.2) is 10.9 Å². The number of hydrogen-bond donors (Lipinski definition) is 1. The fourth-order valence-electron chi connectivity index (χ4n) is 1.60. The van der Waals surface area contributed by atoms with Gasteiger partial charge in [0.2, 0.25) is 0 Å². The molecule has 16 heavy (non-hydrogen) atoms. The molecule has 0 aliphatic carbocycles. The molecule has 0 atom stereocenters. The van der Waals surface area contributed by atoms with E-state index in [1.165, 1.54) is 25.0 Å². The fourth-order valence-corrected chi connectivity index (χ4v) is 2.15. The number of nitrogens with one attached hydrogen (secondary N) is 1. The first kappa shape index (κ1) is 13.6. The van der Waals surface area contributed by atoms with Crippen molar-refractivity contribution in [2.24, 2.45) is 0 Å². The molecule has 0 saturated heterocycles. The number of hydrogen-bond acceptors (Lipinski definition) is 4. The zero-order valence-corrected chi connectivity index (χ0v) is 11.2. The summed E-state index contributed by atoms with van der Waals surface area (Å²) in [7, 11) is 2.17. The van der Waals surface area contributed by atoms with Crippen LogP contribution in [-0.2, 0) is 6.54 Å². The molecule has 0 aliphatic heterocycles. The van der Waals surface area contributed by atoms with Crippen molar-refractivity contribution in [1.29, 1.82) is 0 Å². The largest absolute Gasteiger partial charge is 0.317 e. The lowest BCUT2D eigenvalue weighted by Crippen LogP contribution is -2.21. The Morgan fingerprint density at radius 3 is 2.94 bits per heavy atom. The monoisotopic (exact) mass is 241 g/mol. The van der Waals surface area contributed by atoms with Crippen LogP contribution in [0.25, 0.3) is 0 Å². The number of nitrogens with zero attached hydrogens (tertiary/aromatic N) is 2. The molecule has 0 aliphatic rings. The third-order valence-corrected chi connectivity index (χ3v) is 3.12. The van der Waals surface area contributed by atoms with Crippen molar-refractivity contribution in [3.05, 3.63) is 16.6 Å². The van der Waals surface area contributed by atoms with Gasteiger partial charge in [-0.05, 0) is 45.9 Å². The van der Waals surface area contributed by atoms with Gasteiger partial charge in [0.1, 0.15) is 0 Å². The van der Waals surface area contributed by atoms with Crippen LogP contribution in [0.2, 0.25) is 0 Å². The van der Waals surface area contributed by atoms with Gasteiger partial charge in [-0.15, -0.1) is 11.3 Å². The smallest absolute Gasteiger partial charge is 0.0795 e. The molecular weight excluding hydrogens is 218 g/mol. The lowest BCUT2D eigenvalue weighted by atomic mass is 10.3. The van der Waals surface area contributed by atoms with Crippen molar-refractivity contribution in [2.75, 3.05) is 26.7 Å². The summed E-state index contributed by atoms with van der Waals surface area (Å²) in [4.78, 5) is 6.63. The van der Waals surface area contributed by atoms with E-state index in [1.54, 1.807) is 11.3 Å². The molecule has 1 heterocycles. The average Bonchev–Trinajstić information content (AvgIpc) is 2.76. The van der Waals surface area contributed by atoms with Crippen LogP contribution in [0.3, 0.4) is 0 Å². The van der Waals surface area contributed by atoms with E-state index >= 15 is 0 Å². The highest BCUT2D eigenvalue weighted by Crippen LogP contribution is 2.04. The zero-order chi connectivity index (χ0) is 11.6. The normalized spacial score (nSPS) is 11.2. The highest BCUT2D eigenvalue weighted by Gasteiger charge is 2.01. The Morgan fingerprint density at radius 2 is 2.25 bits per heavy atom. The van der Waals surface area contributed by atoms with Crippen LogP contribution in [0.4, 0.5) is 0 Å². The van der Waals surface area contributed by atoms with Crippen LogP contribution in [0, 0.1) is 0 Å². The maximum atomic E-state index is 4.29. The Kier molecular flexibility index (Phi) is 7.38. The Labute approximate surface area is 103 Å². The SMILES string of the molecule is CCCNCCCCN(C)Cc1cscn1. The van der Waals surface area contributed by atoms with Crippen molar-refractivity contribution in [3.63, 3.8) is 0 Å². The Hall–Kier alpha value is -0.450. The summed E-state index contributed by atoms with van der Waals surface area (Å²) in [6, 6.07) is 0. The van der Waals surface area contributed by atoms with E-state index in [0.29, 0.717) is 0 Å². The Bertz CT molecular complexity index is 249. The van der Waals surface area contributed by atoms with Crippen molar-refractivity contribution < 1.29 is 0 Å². The summed E-state index contributed by atoms with van der Waals surface area (Å²) >= 11 is 1.67. The third-order valence-electron chi connectivity index (χ3n) is 2.49. The van der Waals surface area contributed by atoms with Crippen molar-refractivity contribution >= 4 is 11.3 Å². The summed E-state index contributed by atoms with van der Waals surface area (Å²) < 4.78 is 0. The molecule has 92 valence electrons. The van der Waals surface area contributed by atoms with E-state index < -0.39 is 0 Å². The minimum absolute atomic E-state index is 0.978. The van der Waals surface area contributed by atoms with Gasteiger partial charge in [-0.1, -0.05) is 6.92 Å². The summed E-state index contributed by atoms with van der Waals surface area (Å²) in [5.74, 6) is 0. The minimum Gasteiger partial charge on any atom is -0.317 e. The lowest BCUT2D eigenvalue weighted by molar-refractivity contribution is 0.314. The molecule has 0 fully saturated rings. The van der Waals surface area contributed by atoms with Crippen LogP contribution >= 0.6 is 11.3 Å². The van der Waals surface area contributed by atoms with Gasteiger partial charge in [0.15, 0.2) is 0 Å². The molecule has 0 unspecified atom stereocenters. The second kappa shape index (κ2) is 8.67. The van der Waals surface area contributed by atoms with E-state index in [4.69, 9.17) is 0 Å². The maximum absolute atomic E-state index is 4.29. The van der Waals surface area contributed by atoms with Gasteiger partial charge in [-0.3, -0.25) is 0 Å². The van der Waals surface area contributed by atoms with Gasteiger partial charge in [-0.2, -0.15) is 0 Å². The lowest BCUT2D eigenvalue weighted by Gasteiger charge is -2.14. The second-order valence-electron chi connectivity index (χ2n) is 4.17. The molecule has 1 rings (SSSR count). The van der Waals surface area contributed by atoms with Gasteiger partial charge in [0.25, 0.3) is 0 Å². The highest BCUT2D eigenvalue weighted by atomic mass is 32.1. The molecule has 1 N–H and O–H groups in total. The third kappa shape index (κ3) is 6.20. The molecule has 1 aromatic heterocycles. The van der Waals surface area contributed by atoms with Gasteiger partial charge in [0, 0.05) is 11.9 Å². The van der Waals surface area contributed by atoms with Crippen molar-refractivity contribution in [3.8, 4) is 0 Å². The molecule has 3 nitrogen and oxygen atoms in total. The van der Waals surface area contributed by atoms with E-state index in [-0.39, 0.29) is 0 Å². The molecule has 1 aromatic rings. The minimum atomic E-state index is 0.978. The summed E-state index contributed by atoms with van der Waals surface area (Å²) in [6.07, 6.45) is 3.75. The fraction of sp³-hybridized carbons (Fsp3) is 0.750. The average molecular weight is 241 g/mol. The number of thiazole rings is 1. The molecular formula is C12H23N3S. The number of unbranched alkanes of at least 4 members (excludes halogenated alkanes) is 1. The van der Waals surface area contributed by atoms with Gasteiger partial charge >= 0.3 is 0 Å². The summed E-state index contributed by atoms with van der Waals surface area (Å²) in [5, 5.41) is 5.55. The van der Waals surface area contributed by atoms with Crippen LogP contribution in [-0.4, -0.2) is 36.6 Å². The predicted octanol–water partition coefficient (Wildman–Crippen LogP) is 2.35. The topological polar surface area (TPSA) is 28.2 Å². The molecule has 0 amide bonds. The Balaban J connectivity index is 1.96. The Morgan fingerprint density at radius 1 is 1.38 bits per heavy atom. The van der Waals surface area contributed by atoms with Crippen LogP contribution < -0.4 is 5.32 Å². The van der Waals surface area contributed by atoms with E-state index in [1.807, 2.05) is 5.51 Å². The van der Waals surface area contributed by atoms with E-state index in [0.717, 1.165) is 26.2 Å². The summed E-state index contributed by atoms with van der Waals surface area (Å²) in [6.45, 7) is 6.64. The quantitative estimate of drug-likeness (QED) is 0.673. The van der Waals surface area contributed by atoms with Crippen molar-refractivity contribution in [1.82, 2.24) is 15.2 Å². The zero-order valence-electron chi connectivity index (χ0n) is 10.4. The van der Waals surface area contributed by atoms with Gasteiger partial charge in [-0.25, -0.2) is 4.98 Å². The first-order valence-electron chi connectivity index (χ1n) is 6.09. The summed E-state index contributed by atoms with van der Waals surface area (Å²) in [5.41, 5.74) is 3.09. The first-order valence-corrected chi connectivity index (χ1v) is 7.03. The number of aromatic nitrogens is 1. The molecule has 0 spiro atoms. The van der Waals surface area contributed by atoms with Gasteiger partial charge in [0.05, 0.1) is 11.2 Å². The predicted molar refractivity (Wildman–Crippen MR) is 70.8 cm³/mol. The second-order valence-corrected chi connectivity index (χ2v) is 4.89. The highest BCUT2D eigenvalue weighted by molar-refractivity contribution is 7.07.